The minimum Gasteiger partial charge on any atom is -0.481 e. The first-order valence-corrected chi connectivity index (χ1v) is 4.51. The number of carbonyl (C=O) groups is 2. The lowest BCUT2D eigenvalue weighted by atomic mass is 9.97. The van der Waals surface area contributed by atoms with Gasteiger partial charge in [0.25, 0.3) is 0 Å². The predicted molar refractivity (Wildman–Crippen MR) is 45.4 cm³/mol. The third kappa shape index (κ3) is 2.52. The molecule has 0 aromatic carbocycles. The standard InChI is InChI=1S/C9H14O4/c1-6(9(11)12)8(10)7-4-2-3-5-13-7/h6-7H,2-5H2,1H3,(H,11,12). The number of Topliss-reactive ketones (excluding diaryl/α,β-unsaturated/α-hetero) is 1. The highest BCUT2D eigenvalue weighted by Crippen LogP contribution is 2.16. The minimum absolute atomic E-state index is 0.299. The van der Waals surface area contributed by atoms with Crippen LogP contribution in [0.25, 0.3) is 0 Å². The van der Waals surface area contributed by atoms with Crippen LogP contribution in [0, 0.1) is 5.92 Å². The van der Waals surface area contributed by atoms with E-state index in [9.17, 15) is 9.59 Å². The molecule has 0 bridgehead atoms. The monoisotopic (exact) mass is 186 g/mol. The van der Waals surface area contributed by atoms with Gasteiger partial charge in [-0.15, -0.1) is 0 Å². The normalized spacial score (nSPS) is 25.2. The Bertz CT molecular complexity index is 206. The quantitative estimate of drug-likeness (QED) is 0.663. The fourth-order valence-electron chi connectivity index (χ4n) is 1.37. The maximum Gasteiger partial charge on any atom is 0.313 e. The maximum atomic E-state index is 11.4. The van der Waals surface area contributed by atoms with Crippen molar-refractivity contribution in [2.24, 2.45) is 5.92 Å². The first-order chi connectivity index (χ1) is 6.13. The molecule has 0 aromatic heterocycles. The lowest BCUT2D eigenvalue weighted by Crippen LogP contribution is -2.35. The van der Waals surface area contributed by atoms with Crippen LogP contribution in [0.1, 0.15) is 26.2 Å². The van der Waals surface area contributed by atoms with E-state index in [1.165, 1.54) is 6.92 Å². The molecule has 0 aliphatic carbocycles. The molecule has 2 atom stereocenters. The van der Waals surface area contributed by atoms with Gasteiger partial charge in [-0.3, -0.25) is 9.59 Å². The molecule has 2 unspecified atom stereocenters. The highest BCUT2D eigenvalue weighted by molar-refractivity contribution is 6.00. The summed E-state index contributed by atoms with van der Waals surface area (Å²) < 4.78 is 5.20. The van der Waals surface area contributed by atoms with E-state index in [2.05, 4.69) is 0 Å². The van der Waals surface area contributed by atoms with Gasteiger partial charge in [0, 0.05) is 6.61 Å². The Kier molecular flexibility index (Phi) is 3.42. The molecule has 1 rings (SSSR count). The van der Waals surface area contributed by atoms with Gasteiger partial charge in [0.2, 0.25) is 0 Å². The average Bonchev–Trinajstić information content (AvgIpc) is 2.17. The van der Waals surface area contributed by atoms with Gasteiger partial charge in [0.05, 0.1) is 0 Å². The summed E-state index contributed by atoms with van der Waals surface area (Å²) in [5.41, 5.74) is 0. The smallest absolute Gasteiger partial charge is 0.313 e. The van der Waals surface area contributed by atoms with E-state index in [1.54, 1.807) is 0 Å². The van der Waals surface area contributed by atoms with Crippen molar-refractivity contribution in [2.75, 3.05) is 6.61 Å². The minimum atomic E-state index is -1.07. The molecule has 0 radical (unpaired) electrons. The summed E-state index contributed by atoms with van der Waals surface area (Å²) in [6.07, 6.45) is 2.09. The zero-order valence-electron chi connectivity index (χ0n) is 7.66. The molecule has 13 heavy (non-hydrogen) atoms. The molecule has 1 aliphatic rings. The molecule has 4 nitrogen and oxygen atoms in total. The second kappa shape index (κ2) is 4.37. The van der Waals surface area contributed by atoms with Gasteiger partial charge in [-0.05, 0) is 26.2 Å². The highest BCUT2D eigenvalue weighted by atomic mass is 16.5. The number of ketones is 1. The molecule has 1 fully saturated rings. The number of hydrogen-bond donors (Lipinski definition) is 1. The van der Waals surface area contributed by atoms with Crippen LogP contribution < -0.4 is 0 Å². The van der Waals surface area contributed by atoms with Crippen molar-refractivity contribution >= 4 is 11.8 Å². The predicted octanol–water partition coefficient (Wildman–Crippen LogP) is 0.845. The number of aliphatic carboxylic acids is 1. The molecule has 1 aliphatic heterocycles. The van der Waals surface area contributed by atoms with Crippen LogP contribution in [0.2, 0.25) is 0 Å². The van der Waals surface area contributed by atoms with Crippen molar-refractivity contribution in [3.05, 3.63) is 0 Å². The third-order valence-electron chi connectivity index (χ3n) is 2.29. The molecular formula is C9H14O4. The van der Waals surface area contributed by atoms with Crippen LogP contribution >= 0.6 is 0 Å². The van der Waals surface area contributed by atoms with E-state index < -0.39 is 18.0 Å². The summed E-state index contributed by atoms with van der Waals surface area (Å²) in [6, 6.07) is 0. The highest BCUT2D eigenvalue weighted by Gasteiger charge is 2.30. The zero-order valence-corrected chi connectivity index (χ0v) is 7.66. The Morgan fingerprint density at radius 2 is 2.15 bits per heavy atom. The molecule has 1 saturated heterocycles. The molecule has 0 spiro atoms. The van der Waals surface area contributed by atoms with Gasteiger partial charge in [0.1, 0.15) is 12.0 Å². The summed E-state index contributed by atoms with van der Waals surface area (Å²) in [5.74, 6) is -2.31. The molecule has 4 heteroatoms. The van der Waals surface area contributed by atoms with Crippen molar-refractivity contribution in [1.82, 2.24) is 0 Å². The SMILES string of the molecule is CC(C(=O)O)C(=O)C1CCCCO1. The summed E-state index contributed by atoms with van der Waals surface area (Å²) in [6.45, 7) is 1.98. The van der Waals surface area contributed by atoms with E-state index in [-0.39, 0.29) is 5.78 Å². The second-order valence-corrected chi connectivity index (χ2v) is 3.32. The Balaban J connectivity index is 2.50. The van der Waals surface area contributed by atoms with Crippen molar-refractivity contribution in [3.63, 3.8) is 0 Å². The van der Waals surface area contributed by atoms with Gasteiger partial charge in [-0.1, -0.05) is 0 Å². The van der Waals surface area contributed by atoms with Crippen LogP contribution in [0.5, 0.6) is 0 Å². The summed E-state index contributed by atoms with van der Waals surface area (Å²) in [4.78, 5) is 21.9. The Hall–Kier alpha value is -0.900. The number of ether oxygens (including phenoxy) is 1. The van der Waals surface area contributed by atoms with E-state index in [0.717, 1.165) is 12.8 Å². The maximum absolute atomic E-state index is 11.4. The van der Waals surface area contributed by atoms with Crippen LogP contribution in [-0.4, -0.2) is 29.6 Å². The largest absolute Gasteiger partial charge is 0.481 e. The molecule has 0 amide bonds. The van der Waals surface area contributed by atoms with Crippen LogP contribution in [0.15, 0.2) is 0 Å². The summed E-state index contributed by atoms with van der Waals surface area (Å²) >= 11 is 0. The lowest BCUT2D eigenvalue weighted by molar-refractivity contribution is -0.150. The van der Waals surface area contributed by atoms with Crippen molar-refractivity contribution in [2.45, 2.75) is 32.3 Å². The van der Waals surface area contributed by atoms with Crippen LogP contribution in [0.4, 0.5) is 0 Å². The second-order valence-electron chi connectivity index (χ2n) is 3.32. The van der Waals surface area contributed by atoms with Crippen molar-refractivity contribution in [1.29, 1.82) is 0 Å². The van der Waals surface area contributed by atoms with Crippen molar-refractivity contribution < 1.29 is 19.4 Å². The first-order valence-electron chi connectivity index (χ1n) is 4.51. The van der Waals surface area contributed by atoms with E-state index in [0.29, 0.717) is 13.0 Å². The van der Waals surface area contributed by atoms with Gasteiger partial charge >= 0.3 is 5.97 Å². The van der Waals surface area contributed by atoms with Crippen LogP contribution in [0.3, 0.4) is 0 Å². The molecule has 74 valence electrons. The average molecular weight is 186 g/mol. The Morgan fingerprint density at radius 1 is 1.46 bits per heavy atom. The fourth-order valence-corrected chi connectivity index (χ4v) is 1.37. The number of rotatable bonds is 3. The van der Waals surface area contributed by atoms with E-state index in [1.807, 2.05) is 0 Å². The molecular weight excluding hydrogens is 172 g/mol. The molecule has 0 saturated carbocycles. The molecule has 0 aromatic rings. The molecule has 1 heterocycles. The van der Waals surface area contributed by atoms with Gasteiger partial charge < -0.3 is 9.84 Å². The number of carboxylic acids is 1. The summed E-state index contributed by atoms with van der Waals surface area (Å²) in [7, 11) is 0. The Labute approximate surface area is 76.9 Å². The summed E-state index contributed by atoms with van der Waals surface area (Å²) in [5, 5.41) is 8.61. The fraction of sp³-hybridized carbons (Fsp3) is 0.778. The number of carbonyl (C=O) groups excluding carboxylic acids is 1. The number of hydrogen-bond acceptors (Lipinski definition) is 3. The van der Waals surface area contributed by atoms with Crippen molar-refractivity contribution in [3.8, 4) is 0 Å². The molecule has 1 N–H and O–H groups in total. The van der Waals surface area contributed by atoms with E-state index >= 15 is 0 Å². The number of carboxylic acid groups (broad SMARTS) is 1. The first kappa shape index (κ1) is 10.2. The van der Waals surface area contributed by atoms with Gasteiger partial charge in [-0.2, -0.15) is 0 Å². The van der Waals surface area contributed by atoms with Gasteiger partial charge in [-0.25, -0.2) is 0 Å². The Morgan fingerprint density at radius 3 is 2.62 bits per heavy atom. The van der Waals surface area contributed by atoms with E-state index in [4.69, 9.17) is 9.84 Å². The lowest BCUT2D eigenvalue weighted by Gasteiger charge is -2.22. The zero-order chi connectivity index (χ0) is 9.84. The van der Waals surface area contributed by atoms with Crippen LogP contribution in [-0.2, 0) is 14.3 Å². The topological polar surface area (TPSA) is 63.6 Å². The van der Waals surface area contributed by atoms with Gasteiger partial charge in [0.15, 0.2) is 5.78 Å². The third-order valence-corrected chi connectivity index (χ3v) is 2.29.